The molecule has 5 heteroatoms. The number of hydrogen-bond donors (Lipinski definition) is 2. The van der Waals surface area contributed by atoms with Crippen molar-refractivity contribution in [2.75, 3.05) is 19.8 Å². The maximum atomic E-state index is 10.4. The summed E-state index contributed by atoms with van der Waals surface area (Å²) in [5.41, 5.74) is 6.51. The van der Waals surface area contributed by atoms with Crippen LogP contribution in [-0.2, 0) is 0 Å². The van der Waals surface area contributed by atoms with E-state index in [0.717, 1.165) is 22.9 Å². The van der Waals surface area contributed by atoms with Gasteiger partial charge >= 0.3 is 0 Å². The molecule has 2 atom stereocenters. The smallest absolute Gasteiger partial charge is 0.175 e. The minimum absolute atomic E-state index is 0.0525. The average molecular weight is 330 g/mol. The standard InChI is InChI=1S/C14H20BrNO3/c1-2-9(8-16)13(17)10-6-11(15)14-12(7-10)18-4-3-5-19-14/h6-7,9,13,17H,2-5,8,16H2,1H3. The van der Waals surface area contributed by atoms with Crippen LogP contribution in [0.2, 0.25) is 0 Å². The van der Waals surface area contributed by atoms with Gasteiger partial charge in [-0.15, -0.1) is 0 Å². The van der Waals surface area contributed by atoms with Crippen LogP contribution in [0.25, 0.3) is 0 Å². The molecule has 2 rings (SSSR count). The van der Waals surface area contributed by atoms with Gasteiger partial charge in [0.1, 0.15) is 0 Å². The van der Waals surface area contributed by atoms with E-state index >= 15 is 0 Å². The van der Waals surface area contributed by atoms with Crippen LogP contribution >= 0.6 is 15.9 Å². The van der Waals surface area contributed by atoms with Gasteiger partial charge in [0, 0.05) is 12.3 Å². The summed E-state index contributed by atoms with van der Waals surface area (Å²) in [5.74, 6) is 1.46. The molecule has 0 aromatic heterocycles. The van der Waals surface area contributed by atoms with Crippen molar-refractivity contribution in [2.45, 2.75) is 25.9 Å². The van der Waals surface area contributed by atoms with Crippen molar-refractivity contribution in [1.82, 2.24) is 0 Å². The number of aliphatic hydroxyl groups is 1. The summed E-state index contributed by atoms with van der Waals surface area (Å²) in [5, 5.41) is 10.4. The Morgan fingerprint density at radius 2 is 2.11 bits per heavy atom. The van der Waals surface area contributed by atoms with Crippen LogP contribution < -0.4 is 15.2 Å². The van der Waals surface area contributed by atoms with E-state index in [2.05, 4.69) is 15.9 Å². The highest BCUT2D eigenvalue weighted by Crippen LogP contribution is 2.40. The fourth-order valence-corrected chi connectivity index (χ4v) is 2.79. The van der Waals surface area contributed by atoms with Gasteiger partial charge in [0.25, 0.3) is 0 Å². The summed E-state index contributed by atoms with van der Waals surface area (Å²) in [4.78, 5) is 0. The first kappa shape index (κ1) is 14.6. The third-order valence-corrected chi connectivity index (χ3v) is 4.03. The third kappa shape index (κ3) is 3.22. The Hall–Kier alpha value is -0.780. The zero-order chi connectivity index (χ0) is 13.8. The molecule has 0 bridgehead atoms. The Bertz CT molecular complexity index is 435. The van der Waals surface area contributed by atoms with E-state index < -0.39 is 6.10 Å². The van der Waals surface area contributed by atoms with Gasteiger partial charge in [-0.2, -0.15) is 0 Å². The number of fused-ring (bicyclic) bond motifs is 1. The van der Waals surface area contributed by atoms with Gasteiger partial charge in [0.05, 0.1) is 23.8 Å². The molecule has 1 aromatic rings. The predicted molar refractivity (Wildman–Crippen MR) is 77.5 cm³/mol. The molecule has 0 radical (unpaired) electrons. The number of benzene rings is 1. The summed E-state index contributed by atoms with van der Waals surface area (Å²) >= 11 is 3.48. The van der Waals surface area contributed by atoms with E-state index in [-0.39, 0.29) is 5.92 Å². The summed E-state index contributed by atoms with van der Waals surface area (Å²) in [6.07, 6.45) is 1.12. The topological polar surface area (TPSA) is 64.7 Å². The van der Waals surface area contributed by atoms with E-state index in [1.54, 1.807) is 0 Å². The van der Waals surface area contributed by atoms with Crippen molar-refractivity contribution in [1.29, 1.82) is 0 Å². The molecule has 0 fully saturated rings. The molecule has 19 heavy (non-hydrogen) atoms. The second-order valence-electron chi connectivity index (χ2n) is 4.73. The second-order valence-corrected chi connectivity index (χ2v) is 5.58. The highest BCUT2D eigenvalue weighted by atomic mass is 79.9. The van der Waals surface area contributed by atoms with Crippen LogP contribution in [-0.4, -0.2) is 24.9 Å². The maximum absolute atomic E-state index is 10.4. The van der Waals surface area contributed by atoms with Crippen molar-refractivity contribution in [2.24, 2.45) is 11.7 Å². The number of ether oxygens (including phenoxy) is 2. The zero-order valence-electron chi connectivity index (χ0n) is 11.1. The Morgan fingerprint density at radius 1 is 1.37 bits per heavy atom. The first-order valence-electron chi connectivity index (χ1n) is 6.64. The number of rotatable bonds is 4. The highest BCUT2D eigenvalue weighted by molar-refractivity contribution is 9.10. The normalized spacial score (nSPS) is 17.7. The van der Waals surface area contributed by atoms with Gasteiger partial charge < -0.3 is 20.3 Å². The summed E-state index contributed by atoms with van der Waals surface area (Å²) in [7, 11) is 0. The molecule has 4 nitrogen and oxygen atoms in total. The lowest BCUT2D eigenvalue weighted by Gasteiger charge is -2.21. The molecule has 1 aliphatic rings. The molecule has 0 aliphatic carbocycles. The monoisotopic (exact) mass is 329 g/mol. The fourth-order valence-electron chi connectivity index (χ4n) is 2.21. The van der Waals surface area contributed by atoms with Gasteiger partial charge in [-0.3, -0.25) is 0 Å². The number of nitrogens with two attached hydrogens (primary N) is 1. The van der Waals surface area contributed by atoms with Crippen molar-refractivity contribution in [3.63, 3.8) is 0 Å². The van der Waals surface area contributed by atoms with Gasteiger partial charge in [0.15, 0.2) is 11.5 Å². The van der Waals surface area contributed by atoms with Gasteiger partial charge in [-0.1, -0.05) is 6.92 Å². The lowest BCUT2D eigenvalue weighted by atomic mass is 9.93. The Morgan fingerprint density at radius 3 is 2.79 bits per heavy atom. The lowest BCUT2D eigenvalue weighted by Crippen LogP contribution is -2.21. The first-order valence-corrected chi connectivity index (χ1v) is 7.43. The molecule has 0 saturated carbocycles. The lowest BCUT2D eigenvalue weighted by molar-refractivity contribution is 0.109. The molecule has 3 N–H and O–H groups in total. The van der Waals surface area contributed by atoms with E-state index in [1.807, 2.05) is 19.1 Å². The van der Waals surface area contributed by atoms with Crippen LogP contribution in [0, 0.1) is 5.92 Å². The van der Waals surface area contributed by atoms with Crippen molar-refractivity contribution < 1.29 is 14.6 Å². The molecule has 1 aromatic carbocycles. The first-order chi connectivity index (χ1) is 9.17. The summed E-state index contributed by atoms with van der Waals surface area (Å²) in [6.45, 7) is 3.77. The van der Waals surface area contributed by atoms with Crippen LogP contribution in [0.5, 0.6) is 11.5 Å². The Balaban J connectivity index is 2.32. The Labute approximate surface area is 122 Å². The minimum atomic E-state index is -0.580. The molecular weight excluding hydrogens is 310 g/mol. The van der Waals surface area contributed by atoms with Crippen molar-refractivity contribution in [3.05, 3.63) is 22.2 Å². The molecule has 0 spiro atoms. The van der Waals surface area contributed by atoms with Gasteiger partial charge in [0.2, 0.25) is 0 Å². The van der Waals surface area contributed by atoms with Crippen LogP contribution in [0.4, 0.5) is 0 Å². The van der Waals surface area contributed by atoms with Crippen LogP contribution in [0.3, 0.4) is 0 Å². The summed E-state index contributed by atoms with van der Waals surface area (Å²) < 4.78 is 12.1. The fraction of sp³-hybridized carbons (Fsp3) is 0.571. The van der Waals surface area contributed by atoms with E-state index in [9.17, 15) is 5.11 Å². The molecule has 1 aliphatic heterocycles. The number of aliphatic hydroxyl groups excluding tert-OH is 1. The van der Waals surface area contributed by atoms with Crippen molar-refractivity contribution >= 4 is 15.9 Å². The third-order valence-electron chi connectivity index (χ3n) is 3.44. The SMILES string of the molecule is CCC(CN)C(O)c1cc(Br)c2c(c1)OCCCO2. The molecule has 106 valence electrons. The Kier molecular flexibility index (Phi) is 5.07. The predicted octanol–water partition coefficient (Wildman–Crippen LogP) is 2.63. The highest BCUT2D eigenvalue weighted by Gasteiger charge is 2.22. The van der Waals surface area contributed by atoms with E-state index in [1.165, 1.54) is 0 Å². The molecule has 0 amide bonds. The van der Waals surface area contributed by atoms with Crippen LogP contribution in [0.15, 0.2) is 16.6 Å². The average Bonchev–Trinajstić information content (AvgIpc) is 2.65. The molecule has 2 unspecified atom stereocenters. The largest absolute Gasteiger partial charge is 0.490 e. The number of hydrogen-bond acceptors (Lipinski definition) is 4. The zero-order valence-corrected chi connectivity index (χ0v) is 12.6. The van der Waals surface area contributed by atoms with Gasteiger partial charge in [-0.05, 0) is 46.6 Å². The molecule has 1 heterocycles. The number of halogens is 1. The second kappa shape index (κ2) is 6.59. The van der Waals surface area contributed by atoms with Crippen molar-refractivity contribution in [3.8, 4) is 11.5 Å². The van der Waals surface area contributed by atoms with Crippen LogP contribution in [0.1, 0.15) is 31.4 Å². The molecule has 0 saturated heterocycles. The van der Waals surface area contributed by atoms with E-state index in [4.69, 9.17) is 15.2 Å². The van der Waals surface area contributed by atoms with E-state index in [0.29, 0.717) is 31.3 Å². The quantitative estimate of drug-likeness (QED) is 0.891. The summed E-state index contributed by atoms with van der Waals surface area (Å²) in [6, 6.07) is 3.74. The maximum Gasteiger partial charge on any atom is 0.175 e. The minimum Gasteiger partial charge on any atom is -0.490 e. The van der Waals surface area contributed by atoms with Gasteiger partial charge in [-0.25, -0.2) is 0 Å². The molecular formula is C14H20BrNO3.